The molecule has 2 heterocycles. The molecule has 0 saturated carbocycles. The Hall–Kier alpha value is -2.14. The van der Waals surface area contributed by atoms with Crippen molar-refractivity contribution in [2.45, 2.75) is 32.1 Å². The van der Waals surface area contributed by atoms with Gasteiger partial charge in [0.25, 0.3) is 0 Å². The topological polar surface area (TPSA) is 66.8 Å². The summed E-state index contributed by atoms with van der Waals surface area (Å²) in [7, 11) is 0. The third kappa shape index (κ3) is 2.34. The van der Waals surface area contributed by atoms with Gasteiger partial charge >= 0.3 is 5.97 Å². The molecule has 0 radical (unpaired) electrons. The Balaban J connectivity index is 1.61. The van der Waals surface area contributed by atoms with E-state index in [1.54, 1.807) is 13.0 Å². The second kappa shape index (κ2) is 5.33. The van der Waals surface area contributed by atoms with Crippen molar-refractivity contribution in [3.05, 3.63) is 47.7 Å². The fourth-order valence-electron chi connectivity index (χ4n) is 2.95. The van der Waals surface area contributed by atoms with Crippen LogP contribution in [0, 0.1) is 5.92 Å². The summed E-state index contributed by atoms with van der Waals surface area (Å²) in [5, 5.41) is 9.58. The number of nitrogens with zero attached hydrogens (tertiary/aromatic N) is 1. The third-order valence-corrected chi connectivity index (χ3v) is 4.02. The average Bonchev–Trinajstić information content (AvgIpc) is 2.84. The van der Waals surface area contributed by atoms with E-state index in [9.17, 15) is 14.7 Å². The molecule has 1 saturated heterocycles. The Kier molecular flexibility index (Phi) is 3.51. The molecule has 1 amide bonds. The molecule has 3 atom stereocenters. The zero-order valence-electron chi connectivity index (χ0n) is 11.7. The molecule has 2 aliphatic heterocycles. The van der Waals surface area contributed by atoms with Gasteiger partial charge in [-0.15, -0.1) is 0 Å². The Labute approximate surface area is 122 Å². The SMILES string of the molecule is CC(O)[C@H]1C(=O)N2C(C(=O)OCc3ccccc3)=CC[C@@H]12. The molecule has 0 bridgehead atoms. The predicted octanol–water partition coefficient (Wildman–Crippen LogP) is 1.23. The second-order valence-corrected chi connectivity index (χ2v) is 5.43. The van der Waals surface area contributed by atoms with Crippen LogP contribution in [0.2, 0.25) is 0 Å². The van der Waals surface area contributed by atoms with E-state index in [-0.39, 0.29) is 18.6 Å². The number of rotatable bonds is 4. The fraction of sp³-hybridized carbons (Fsp3) is 0.375. The number of hydrogen-bond donors (Lipinski definition) is 1. The molecule has 0 spiro atoms. The van der Waals surface area contributed by atoms with E-state index >= 15 is 0 Å². The van der Waals surface area contributed by atoms with Crippen molar-refractivity contribution >= 4 is 11.9 Å². The van der Waals surface area contributed by atoms with Gasteiger partial charge in [-0.05, 0) is 18.9 Å². The summed E-state index contributed by atoms with van der Waals surface area (Å²) >= 11 is 0. The normalized spacial score (nSPS) is 25.0. The third-order valence-electron chi connectivity index (χ3n) is 4.02. The van der Waals surface area contributed by atoms with E-state index in [4.69, 9.17) is 4.74 Å². The van der Waals surface area contributed by atoms with Gasteiger partial charge in [-0.2, -0.15) is 0 Å². The highest BCUT2D eigenvalue weighted by Crippen LogP contribution is 2.40. The summed E-state index contributed by atoms with van der Waals surface area (Å²) < 4.78 is 5.25. The summed E-state index contributed by atoms with van der Waals surface area (Å²) in [5.74, 6) is -1.09. The van der Waals surface area contributed by atoms with Gasteiger partial charge in [-0.3, -0.25) is 4.79 Å². The lowest BCUT2D eigenvalue weighted by atomic mass is 9.83. The van der Waals surface area contributed by atoms with Crippen LogP contribution in [-0.4, -0.2) is 34.0 Å². The lowest BCUT2D eigenvalue weighted by molar-refractivity contribution is -0.162. The molecule has 0 aromatic heterocycles. The van der Waals surface area contributed by atoms with Gasteiger partial charge in [0.1, 0.15) is 12.3 Å². The Morgan fingerprint density at radius 1 is 1.43 bits per heavy atom. The van der Waals surface area contributed by atoms with Crippen molar-refractivity contribution in [2.24, 2.45) is 5.92 Å². The number of β-lactam (4-membered cyclic amide) rings is 1. The highest BCUT2D eigenvalue weighted by Gasteiger charge is 2.54. The molecule has 1 aromatic rings. The summed E-state index contributed by atoms with van der Waals surface area (Å²) in [6, 6.07) is 9.29. The van der Waals surface area contributed by atoms with Gasteiger partial charge in [0, 0.05) is 0 Å². The number of esters is 1. The van der Waals surface area contributed by atoms with Crippen LogP contribution in [0.4, 0.5) is 0 Å². The number of fused-ring (bicyclic) bond motifs is 1. The van der Waals surface area contributed by atoms with Gasteiger partial charge in [0.15, 0.2) is 0 Å². The molecule has 21 heavy (non-hydrogen) atoms. The number of aliphatic hydroxyl groups is 1. The predicted molar refractivity (Wildman–Crippen MR) is 74.7 cm³/mol. The lowest BCUT2D eigenvalue weighted by Crippen LogP contribution is -2.61. The van der Waals surface area contributed by atoms with Crippen LogP contribution in [0.5, 0.6) is 0 Å². The quantitative estimate of drug-likeness (QED) is 0.668. The van der Waals surface area contributed by atoms with Crippen molar-refractivity contribution in [3.8, 4) is 0 Å². The van der Waals surface area contributed by atoms with Gasteiger partial charge in [-0.1, -0.05) is 36.4 Å². The number of carbonyl (C=O) groups is 2. The average molecular weight is 287 g/mol. The van der Waals surface area contributed by atoms with Crippen LogP contribution in [0.25, 0.3) is 0 Å². The smallest absolute Gasteiger partial charge is 0.355 e. The Bertz CT molecular complexity index is 594. The van der Waals surface area contributed by atoms with Crippen molar-refractivity contribution in [1.29, 1.82) is 0 Å². The largest absolute Gasteiger partial charge is 0.456 e. The molecular weight excluding hydrogens is 270 g/mol. The van der Waals surface area contributed by atoms with Gasteiger partial charge in [0.05, 0.1) is 18.1 Å². The van der Waals surface area contributed by atoms with Crippen molar-refractivity contribution in [2.75, 3.05) is 0 Å². The lowest BCUT2D eigenvalue weighted by Gasteiger charge is -2.44. The molecule has 5 nitrogen and oxygen atoms in total. The van der Waals surface area contributed by atoms with Gasteiger partial charge < -0.3 is 14.7 Å². The van der Waals surface area contributed by atoms with E-state index in [1.807, 2.05) is 30.3 Å². The van der Waals surface area contributed by atoms with Crippen molar-refractivity contribution in [1.82, 2.24) is 4.90 Å². The molecule has 5 heteroatoms. The van der Waals surface area contributed by atoms with Crippen LogP contribution >= 0.6 is 0 Å². The minimum absolute atomic E-state index is 0.100. The highest BCUT2D eigenvalue weighted by atomic mass is 16.5. The van der Waals surface area contributed by atoms with Crippen LogP contribution in [0.15, 0.2) is 42.1 Å². The number of aliphatic hydroxyl groups excluding tert-OH is 1. The number of carbonyl (C=O) groups excluding carboxylic acids is 2. The number of ether oxygens (including phenoxy) is 1. The molecule has 2 aliphatic rings. The molecule has 1 fully saturated rings. The maximum atomic E-state index is 12.1. The van der Waals surface area contributed by atoms with E-state index in [2.05, 4.69) is 0 Å². The van der Waals surface area contributed by atoms with Gasteiger partial charge in [0.2, 0.25) is 5.91 Å². The zero-order valence-corrected chi connectivity index (χ0v) is 11.7. The molecule has 1 aromatic carbocycles. The first-order chi connectivity index (χ1) is 10.1. The number of benzene rings is 1. The summed E-state index contributed by atoms with van der Waals surface area (Å²) in [5.41, 5.74) is 1.20. The Morgan fingerprint density at radius 3 is 2.81 bits per heavy atom. The van der Waals surface area contributed by atoms with Crippen LogP contribution in [0.3, 0.4) is 0 Å². The first kappa shape index (κ1) is 13.8. The molecule has 1 unspecified atom stereocenters. The number of amides is 1. The highest BCUT2D eigenvalue weighted by molar-refractivity contribution is 5.99. The Morgan fingerprint density at radius 2 is 2.14 bits per heavy atom. The zero-order chi connectivity index (χ0) is 15.0. The van der Waals surface area contributed by atoms with E-state index in [1.165, 1.54) is 4.90 Å². The second-order valence-electron chi connectivity index (χ2n) is 5.43. The first-order valence-electron chi connectivity index (χ1n) is 7.02. The molecule has 110 valence electrons. The summed E-state index contributed by atoms with van der Waals surface area (Å²) in [4.78, 5) is 25.5. The summed E-state index contributed by atoms with van der Waals surface area (Å²) in [6.45, 7) is 1.79. The molecule has 0 aliphatic carbocycles. The van der Waals surface area contributed by atoms with Crippen LogP contribution < -0.4 is 0 Å². The van der Waals surface area contributed by atoms with E-state index < -0.39 is 18.0 Å². The fourth-order valence-corrected chi connectivity index (χ4v) is 2.95. The monoisotopic (exact) mass is 287 g/mol. The molecular formula is C16H17NO4. The molecule has 1 N–H and O–H groups in total. The van der Waals surface area contributed by atoms with E-state index in [0.29, 0.717) is 12.1 Å². The number of hydrogen-bond acceptors (Lipinski definition) is 4. The van der Waals surface area contributed by atoms with Crippen molar-refractivity contribution in [3.63, 3.8) is 0 Å². The van der Waals surface area contributed by atoms with Crippen molar-refractivity contribution < 1.29 is 19.4 Å². The standard InChI is InChI=1S/C16H17NO4/c1-10(18)14-12-7-8-13(17(12)15(14)19)16(20)21-9-11-5-3-2-4-6-11/h2-6,8,10,12,14,18H,7,9H2,1H3/t10?,12-,14+/m0/s1. The summed E-state index contributed by atoms with van der Waals surface area (Å²) in [6.07, 6.45) is 1.63. The first-order valence-corrected chi connectivity index (χ1v) is 7.02. The van der Waals surface area contributed by atoms with E-state index in [0.717, 1.165) is 5.56 Å². The molecule has 3 rings (SSSR count). The van der Waals surface area contributed by atoms with Crippen LogP contribution in [0.1, 0.15) is 18.9 Å². The maximum absolute atomic E-state index is 12.1. The maximum Gasteiger partial charge on any atom is 0.355 e. The minimum Gasteiger partial charge on any atom is -0.456 e. The minimum atomic E-state index is -0.688. The van der Waals surface area contributed by atoms with Crippen LogP contribution in [-0.2, 0) is 20.9 Å². The van der Waals surface area contributed by atoms with Gasteiger partial charge in [-0.25, -0.2) is 4.79 Å².